The molecule has 0 aliphatic carbocycles. The number of hydrogen-bond acceptors (Lipinski definition) is 2. The van der Waals surface area contributed by atoms with Gasteiger partial charge in [-0.25, -0.2) is 0 Å². The van der Waals surface area contributed by atoms with Crippen molar-refractivity contribution in [3.05, 3.63) is 34.3 Å². The second-order valence-electron chi connectivity index (χ2n) is 4.85. The van der Waals surface area contributed by atoms with Crippen molar-refractivity contribution in [1.82, 2.24) is 0 Å². The van der Waals surface area contributed by atoms with Gasteiger partial charge in [0.25, 0.3) is 0 Å². The van der Waals surface area contributed by atoms with Gasteiger partial charge in [-0.1, -0.05) is 35.0 Å². The standard InChI is InChI=1S/C15H19BrO2/c1-2-3-14(17)12-8-9-18-15(10-12)11-4-6-13(16)7-5-11/h4-7,12,15H,2-3,8-10H2,1H3. The Kier molecular flexibility index (Phi) is 4.95. The van der Waals surface area contributed by atoms with Gasteiger partial charge in [0, 0.05) is 23.4 Å². The summed E-state index contributed by atoms with van der Waals surface area (Å²) in [7, 11) is 0. The maximum absolute atomic E-state index is 12.0. The monoisotopic (exact) mass is 310 g/mol. The molecule has 2 rings (SSSR count). The number of carbonyl (C=O) groups is 1. The van der Waals surface area contributed by atoms with Gasteiger partial charge in [0.05, 0.1) is 6.10 Å². The van der Waals surface area contributed by atoms with E-state index in [0.717, 1.165) is 23.7 Å². The van der Waals surface area contributed by atoms with Crippen molar-refractivity contribution in [1.29, 1.82) is 0 Å². The van der Waals surface area contributed by atoms with Gasteiger partial charge in [0.2, 0.25) is 0 Å². The smallest absolute Gasteiger partial charge is 0.136 e. The molecule has 3 heteroatoms. The fourth-order valence-corrected chi connectivity index (χ4v) is 2.71. The molecule has 98 valence electrons. The van der Waals surface area contributed by atoms with Crippen LogP contribution < -0.4 is 0 Å². The zero-order valence-electron chi connectivity index (χ0n) is 10.7. The number of carbonyl (C=O) groups excluding carboxylic acids is 1. The highest BCUT2D eigenvalue weighted by Gasteiger charge is 2.27. The number of benzene rings is 1. The number of Topliss-reactive ketones (excluding diaryl/α,β-unsaturated/α-hetero) is 1. The summed E-state index contributed by atoms with van der Waals surface area (Å²) in [6, 6.07) is 8.19. The fraction of sp³-hybridized carbons (Fsp3) is 0.533. The Balaban J connectivity index is 2.02. The molecular weight excluding hydrogens is 292 g/mol. The van der Waals surface area contributed by atoms with Crippen molar-refractivity contribution in [3.63, 3.8) is 0 Å². The molecule has 2 nitrogen and oxygen atoms in total. The first-order chi connectivity index (χ1) is 8.70. The molecule has 1 saturated heterocycles. The molecule has 0 aromatic heterocycles. The highest BCUT2D eigenvalue weighted by atomic mass is 79.9. The molecule has 1 fully saturated rings. The Morgan fingerprint density at radius 2 is 2.11 bits per heavy atom. The Labute approximate surface area is 117 Å². The zero-order valence-corrected chi connectivity index (χ0v) is 12.3. The van der Waals surface area contributed by atoms with Gasteiger partial charge < -0.3 is 4.74 Å². The van der Waals surface area contributed by atoms with Crippen molar-refractivity contribution in [3.8, 4) is 0 Å². The summed E-state index contributed by atoms with van der Waals surface area (Å²) < 4.78 is 6.86. The summed E-state index contributed by atoms with van der Waals surface area (Å²) in [5.74, 6) is 0.593. The highest BCUT2D eigenvalue weighted by Crippen LogP contribution is 2.33. The van der Waals surface area contributed by atoms with E-state index < -0.39 is 0 Å². The lowest BCUT2D eigenvalue weighted by molar-refractivity contribution is -0.128. The van der Waals surface area contributed by atoms with E-state index in [-0.39, 0.29) is 12.0 Å². The zero-order chi connectivity index (χ0) is 13.0. The Morgan fingerprint density at radius 3 is 2.78 bits per heavy atom. The Morgan fingerprint density at radius 1 is 1.39 bits per heavy atom. The van der Waals surface area contributed by atoms with Gasteiger partial charge in [-0.05, 0) is 37.0 Å². The maximum atomic E-state index is 12.0. The minimum absolute atomic E-state index is 0.0812. The molecule has 1 aliphatic rings. The molecule has 0 amide bonds. The van der Waals surface area contributed by atoms with Gasteiger partial charge in [-0.15, -0.1) is 0 Å². The van der Waals surface area contributed by atoms with E-state index in [0.29, 0.717) is 18.8 Å². The molecule has 18 heavy (non-hydrogen) atoms. The topological polar surface area (TPSA) is 26.3 Å². The van der Waals surface area contributed by atoms with Crippen LogP contribution in [0.3, 0.4) is 0 Å². The van der Waals surface area contributed by atoms with Crippen molar-refractivity contribution in [2.24, 2.45) is 5.92 Å². The molecule has 0 radical (unpaired) electrons. The van der Waals surface area contributed by atoms with Crippen molar-refractivity contribution in [2.75, 3.05) is 6.61 Å². The minimum atomic E-state index is 0.0812. The molecule has 1 aromatic rings. The summed E-state index contributed by atoms with van der Waals surface area (Å²) in [6.45, 7) is 2.75. The van der Waals surface area contributed by atoms with E-state index in [2.05, 4.69) is 35.0 Å². The highest BCUT2D eigenvalue weighted by molar-refractivity contribution is 9.10. The third kappa shape index (κ3) is 3.42. The summed E-state index contributed by atoms with van der Waals surface area (Å²) in [6.07, 6.45) is 3.45. The lowest BCUT2D eigenvalue weighted by atomic mass is 9.87. The van der Waals surface area contributed by atoms with Crippen molar-refractivity contribution >= 4 is 21.7 Å². The molecule has 1 aliphatic heterocycles. The SMILES string of the molecule is CCCC(=O)C1CCOC(c2ccc(Br)cc2)C1. The Bertz CT molecular complexity index is 399. The van der Waals surface area contributed by atoms with Crippen LogP contribution in [0.5, 0.6) is 0 Å². The largest absolute Gasteiger partial charge is 0.373 e. The minimum Gasteiger partial charge on any atom is -0.373 e. The molecule has 1 aromatic carbocycles. The number of hydrogen-bond donors (Lipinski definition) is 0. The van der Waals surface area contributed by atoms with Crippen LogP contribution in [0.15, 0.2) is 28.7 Å². The summed E-state index contributed by atoms with van der Waals surface area (Å²) in [4.78, 5) is 12.0. The molecule has 0 N–H and O–H groups in total. The predicted molar refractivity (Wildman–Crippen MR) is 75.5 cm³/mol. The van der Waals surface area contributed by atoms with Crippen LogP contribution in [-0.2, 0) is 9.53 Å². The van der Waals surface area contributed by atoms with E-state index in [1.807, 2.05) is 12.1 Å². The molecule has 2 unspecified atom stereocenters. The third-order valence-corrected chi connectivity index (χ3v) is 4.01. The number of rotatable bonds is 4. The lowest BCUT2D eigenvalue weighted by Gasteiger charge is -2.29. The van der Waals surface area contributed by atoms with E-state index >= 15 is 0 Å². The normalized spacial score (nSPS) is 23.9. The Hall–Kier alpha value is -0.670. The van der Waals surface area contributed by atoms with E-state index in [1.165, 1.54) is 5.56 Å². The second kappa shape index (κ2) is 6.48. The first kappa shape index (κ1) is 13.8. The number of ketones is 1. The van der Waals surface area contributed by atoms with Gasteiger partial charge in [0.15, 0.2) is 0 Å². The molecule has 0 spiro atoms. The molecule has 2 atom stereocenters. The lowest BCUT2D eigenvalue weighted by Crippen LogP contribution is -2.25. The van der Waals surface area contributed by atoms with Crippen molar-refractivity contribution in [2.45, 2.75) is 38.7 Å². The average Bonchev–Trinajstić information content (AvgIpc) is 2.40. The molecule has 1 heterocycles. The molecule has 0 bridgehead atoms. The van der Waals surface area contributed by atoms with Gasteiger partial charge in [-0.3, -0.25) is 4.79 Å². The van der Waals surface area contributed by atoms with Crippen molar-refractivity contribution < 1.29 is 9.53 Å². The summed E-state index contributed by atoms with van der Waals surface area (Å²) in [5, 5.41) is 0. The van der Waals surface area contributed by atoms with Gasteiger partial charge in [-0.2, -0.15) is 0 Å². The fourth-order valence-electron chi connectivity index (χ4n) is 2.45. The maximum Gasteiger partial charge on any atom is 0.136 e. The van der Waals surface area contributed by atoms with E-state index in [9.17, 15) is 4.79 Å². The molecular formula is C15H19BrO2. The third-order valence-electron chi connectivity index (χ3n) is 3.48. The van der Waals surface area contributed by atoms with Crippen LogP contribution in [0.4, 0.5) is 0 Å². The van der Waals surface area contributed by atoms with Crippen LogP contribution in [-0.4, -0.2) is 12.4 Å². The number of halogens is 1. The van der Waals surface area contributed by atoms with Crippen LogP contribution in [0.25, 0.3) is 0 Å². The van der Waals surface area contributed by atoms with Gasteiger partial charge >= 0.3 is 0 Å². The van der Waals surface area contributed by atoms with Crippen LogP contribution in [0.2, 0.25) is 0 Å². The quantitative estimate of drug-likeness (QED) is 0.829. The molecule has 0 saturated carbocycles. The van der Waals surface area contributed by atoms with E-state index in [4.69, 9.17) is 4.74 Å². The van der Waals surface area contributed by atoms with E-state index in [1.54, 1.807) is 0 Å². The van der Waals surface area contributed by atoms with Crippen LogP contribution in [0, 0.1) is 5.92 Å². The van der Waals surface area contributed by atoms with Gasteiger partial charge in [0.1, 0.15) is 5.78 Å². The summed E-state index contributed by atoms with van der Waals surface area (Å²) in [5.41, 5.74) is 1.17. The first-order valence-corrected chi connectivity index (χ1v) is 7.39. The van der Waals surface area contributed by atoms with Crippen LogP contribution in [0.1, 0.15) is 44.3 Å². The summed E-state index contributed by atoms with van der Waals surface area (Å²) >= 11 is 3.43. The second-order valence-corrected chi connectivity index (χ2v) is 5.76. The number of ether oxygens (including phenoxy) is 1. The average molecular weight is 311 g/mol. The van der Waals surface area contributed by atoms with Crippen LogP contribution >= 0.6 is 15.9 Å². The first-order valence-electron chi connectivity index (χ1n) is 6.60. The predicted octanol–water partition coefficient (Wildman–Crippen LogP) is 4.29.